The van der Waals surface area contributed by atoms with Gasteiger partial charge in [-0.2, -0.15) is 0 Å². The summed E-state index contributed by atoms with van der Waals surface area (Å²) in [4.78, 5) is 28.9. The second-order valence-corrected chi connectivity index (χ2v) is 5.44. The highest BCUT2D eigenvalue weighted by molar-refractivity contribution is 7.11. The first-order valence-corrected chi connectivity index (χ1v) is 7.08. The van der Waals surface area contributed by atoms with E-state index in [0.717, 1.165) is 28.9 Å². The van der Waals surface area contributed by atoms with Crippen LogP contribution in [0.5, 0.6) is 0 Å². The van der Waals surface area contributed by atoms with Crippen LogP contribution in [0.15, 0.2) is 29.6 Å². The molecule has 6 heteroatoms. The molecule has 2 heterocycles. The molecule has 3 rings (SSSR count). The minimum absolute atomic E-state index is 0.0169. The summed E-state index contributed by atoms with van der Waals surface area (Å²) in [6, 6.07) is 7.58. The highest BCUT2D eigenvalue weighted by Gasteiger charge is 2.24. The van der Waals surface area contributed by atoms with E-state index in [0.29, 0.717) is 18.8 Å². The monoisotopic (exact) mass is 288 g/mol. The number of carboxylic acid groups (broad SMARTS) is 1. The van der Waals surface area contributed by atoms with Crippen molar-refractivity contribution < 1.29 is 14.7 Å². The topological polar surface area (TPSA) is 70.5 Å². The maximum absolute atomic E-state index is 12.3. The van der Waals surface area contributed by atoms with Gasteiger partial charge in [-0.15, -0.1) is 11.3 Å². The number of aromatic carboxylic acids is 1. The van der Waals surface area contributed by atoms with Gasteiger partial charge in [0.1, 0.15) is 0 Å². The summed E-state index contributed by atoms with van der Waals surface area (Å²) in [5, 5.41) is 10.6. The second kappa shape index (κ2) is 5.05. The zero-order valence-electron chi connectivity index (χ0n) is 10.6. The van der Waals surface area contributed by atoms with Gasteiger partial charge in [-0.3, -0.25) is 4.79 Å². The Morgan fingerprint density at radius 3 is 2.95 bits per heavy atom. The molecule has 5 nitrogen and oxygen atoms in total. The molecule has 0 fully saturated rings. The van der Waals surface area contributed by atoms with Crippen LogP contribution in [-0.2, 0) is 13.0 Å². The first kappa shape index (κ1) is 12.8. The minimum Gasteiger partial charge on any atom is -0.476 e. The number of carbonyl (C=O) groups excluding carboxylic acids is 1. The lowest BCUT2D eigenvalue weighted by molar-refractivity contribution is 0.0696. The summed E-state index contributed by atoms with van der Waals surface area (Å²) in [5.74, 6) is -1.05. The van der Waals surface area contributed by atoms with E-state index in [-0.39, 0.29) is 10.9 Å². The third-order valence-corrected chi connectivity index (χ3v) is 4.15. The van der Waals surface area contributed by atoms with Crippen LogP contribution in [-0.4, -0.2) is 33.4 Å². The number of thiazole rings is 1. The molecule has 0 aliphatic carbocycles. The van der Waals surface area contributed by atoms with E-state index in [1.807, 2.05) is 24.3 Å². The van der Waals surface area contributed by atoms with Crippen molar-refractivity contribution in [1.82, 2.24) is 9.88 Å². The van der Waals surface area contributed by atoms with Crippen molar-refractivity contribution in [2.24, 2.45) is 0 Å². The molecular weight excluding hydrogens is 276 g/mol. The summed E-state index contributed by atoms with van der Waals surface area (Å²) in [7, 11) is 0. The van der Waals surface area contributed by atoms with E-state index in [9.17, 15) is 9.59 Å². The molecule has 0 saturated heterocycles. The van der Waals surface area contributed by atoms with Gasteiger partial charge in [0, 0.05) is 17.5 Å². The van der Waals surface area contributed by atoms with E-state index in [1.54, 1.807) is 10.3 Å². The molecule has 2 aromatic rings. The van der Waals surface area contributed by atoms with Crippen molar-refractivity contribution in [3.05, 3.63) is 51.5 Å². The van der Waals surface area contributed by atoms with Crippen molar-refractivity contribution in [2.75, 3.05) is 6.54 Å². The van der Waals surface area contributed by atoms with Crippen LogP contribution in [0.2, 0.25) is 0 Å². The molecule has 1 aliphatic heterocycles. The van der Waals surface area contributed by atoms with Gasteiger partial charge in [0.2, 0.25) is 5.01 Å². The maximum atomic E-state index is 12.3. The highest BCUT2D eigenvalue weighted by atomic mass is 32.1. The fraction of sp³-hybridized carbons (Fsp3) is 0.214. The van der Waals surface area contributed by atoms with Crippen LogP contribution < -0.4 is 0 Å². The lowest BCUT2D eigenvalue weighted by atomic mass is 9.99. The Labute approximate surface area is 119 Å². The van der Waals surface area contributed by atoms with E-state index < -0.39 is 5.97 Å². The first-order valence-electron chi connectivity index (χ1n) is 6.20. The van der Waals surface area contributed by atoms with Gasteiger partial charge in [-0.25, -0.2) is 9.78 Å². The van der Waals surface area contributed by atoms with Gasteiger partial charge in [0.05, 0.1) is 12.2 Å². The quantitative estimate of drug-likeness (QED) is 0.938. The molecule has 102 valence electrons. The van der Waals surface area contributed by atoms with E-state index in [1.165, 1.54) is 0 Å². The van der Waals surface area contributed by atoms with Crippen LogP contribution in [0.1, 0.15) is 31.4 Å². The van der Waals surface area contributed by atoms with Crippen molar-refractivity contribution in [3.8, 4) is 0 Å². The number of benzene rings is 1. The number of hydrogen-bond acceptors (Lipinski definition) is 4. The summed E-state index contributed by atoms with van der Waals surface area (Å²) in [5.41, 5.74) is 2.42. The largest absolute Gasteiger partial charge is 0.476 e. The Balaban J connectivity index is 1.79. The van der Waals surface area contributed by atoms with Gasteiger partial charge >= 0.3 is 5.97 Å². The smallest absolute Gasteiger partial charge is 0.365 e. The van der Waals surface area contributed by atoms with Gasteiger partial charge in [0.15, 0.2) is 0 Å². The Bertz CT molecular complexity index is 681. The van der Waals surface area contributed by atoms with Crippen LogP contribution in [0.25, 0.3) is 0 Å². The third-order valence-electron chi connectivity index (χ3n) is 3.27. The Morgan fingerprint density at radius 2 is 2.20 bits per heavy atom. The van der Waals surface area contributed by atoms with Crippen molar-refractivity contribution >= 4 is 23.2 Å². The van der Waals surface area contributed by atoms with Gasteiger partial charge in [0.25, 0.3) is 5.91 Å². The number of carboxylic acids is 1. The lowest BCUT2D eigenvalue weighted by Gasteiger charge is -2.27. The SMILES string of the molecule is O=C(O)c1nc(CN2CCc3ccccc3C2=O)cs1. The van der Waals surface area contributed by atoms with Crippen molar-refractivity contribution in [3.63, 3.8) is 0 Å². The van der Waals surface area contributed by atoms with Crippen LogP contribution >= 0.6 is 11.3 Å². The molecule has 0 unspecified atom stereocenters. The Hall–Kier alpha value is -2.21. The van der Waals surface area contributed by atoms with E-state index >= 15 is 0 Å². The zero-order chi connectivity index (χ0) is 14.1. The zero-order valence-corrected chi connectivity index (χ0v) is 11.4. The molecule has 0 spiro atoms. The third kappa shape index (κ3) is 2.30. The molecule has 1 amide bonds. The molecule has 0 atom stereocenters. The summed E-state index contributed by atoms with van der Waals surface area (Å²) < 4.78 is 0. The maximum Gasteiger partial charge on any atom is 0.365 e. The number of aromatic nitrogens is 1. The summed E-state index contributed by atoms with van der Waals surface area (Å²) in [6.45, 7) is 0.993. The van der Waals surface area contributed by atoms with Crippen LogP contribution in [0.4, 0.5) is 0 Å². The molecule has 0 radical (unpaired) electrons. The molecule has 1 N–H and O–H groups in total. The van der Waals surface area contributed by atoms with Crippen LogP contribution in [0, 0.1) is 0 Å². The number of fused-ring (bicyclic) bond motifs is 1. The highest BCUT2D eigenvalue weighted by Crippen LogP contribution is 2.21. The minimum atomic E-state index is -1.03. The van der Waals surface area contributed by atoms with Crippen LogP contribution in [0.3, 0.4) is 0 Å². The molecule has 0 bridgehead atoms. The van der Waals surface area contributed by atoms with Gasteiger partial charge in [-0.05, 0) is 18.1 Å². The van der Waals surface area contributed by atoms with E-state index in [4.69, 9.17) is 5.11 Å². The first-order chi connectivity index (χ1) is 9.65. The number of nitrogens with zero attached hydrogens (tertiary/aromatic N) is 2. The molecule has 1 aromatic heterocycles. The molecule has 0 saturated carbocycles. The van der Waals surface area contributed by atoms with Crippen molar-refractivity contribution in [2.45, 2.75) is 13.0 Å². The van der Waals surface area contributed by atoms with Crippen molar-refractivity contribution in [1.29, 1.82) is 0 Å². The lowest BCUT2D eigenvalue weighted by Crippen LogP contribution is -2.37. The normalized spacial score (nSPS) is 14.2. The van der Waals surface area contributed by atoms with Gasteiger partial charge < -0.3 is 10.0 Å². The Kier molecular flexibility index (Phi) is 3.23. The number of hydrogen-bond donors (Lipinski definition) is 1. The predicted molar refractivity (Wildman–Crippen MR) is 74.0 cm³/mol. The summed E-state index contributed by atoms with van der Waals surface area (Å²) >= 11 is 1.08. The number of amides is 1. The molecule has 1 aliphatic rings. The fourth-order valence-electron chi connectivity index (χ4n) is 2.30. The average molecular weight is 288 g/mol. The molecule has 20 heavy (non-hydrogen) atoms. The van der Waals surface area contributed by atoms with E-state index in [2.05, 4.69) is 4.98 Å². The predicted octanol–water partition coefficient (Wildman–Crippen LogP) is 2.04. The summed E-state index contributed by atoms with van der Waals surface area (Å²) in [6.07, 6.45) is 0.817. The fourth-order valence-corrected chi connectivity index (χ4v) is 2.94. The Morgan fingerprint density at radius 1 is 1.40 bits per heavy atom. The average Bonchev–Trinajstić information content (AvgIpc) is 2.91. The number of rotatable bonds is 3. The molecule has 1 aromatic carbocycles. The second-order valence-electron chi connectivity index (χ2n) is 4.58. The molecular formula is C14H12N2O3S. The standard InChI is InChI=1S/C14H12N2O3S/c17-13-11-4-2-1-3-9(11)5-6-16(13)7-10-8-20-12(15-10)14(18)19/h1-4,8H,5-7H2,(H,18,19). The van der Waals surface area contributed by atoms with Gasteiger partial charge in [-0.1, -0.05) is 18.2 Å². The number of carbonyl (C=O) groups is 2.